The monoisotopic (exact) mass is 1250 g/mol. The van der Waals surface area contributed by atoms with Crippen LogP contribution in [0.4, 0.5) is 5.69 Å². The second-order valence-corrected chi connectivity index (χ2v) is 24.5. The van der Waals surface area contributed by atoms with Crippen LogP contribution in [0.3, 0.4) is 0 Å². The summed E-state index contributed by atoms with van der Waals surface area (Å²) in [7, 11) is 0. The zero-order valence-electron chi connectivity index (χ0n) is 52.8. The maximum atomic E-state index is 10.1. The van der Waals surface area contributed by atoms with Gasteiger partial charge in [-0.05, 0) is 182 Å². The molecule has 0 atom stereocenters. The van der Waals surface area contributed by atoms with Gasteiger partial charge >= 0.3 is 0 Å². The van der Waals surface area contributed by atoms with Gasteiger partial charge in [0.05, 0.1) is 63.3 Å². The molecule has 8 nitrogen and oxygen atoms in total. The molecule has 0 unspecified atom stereocenters. The third-order valence-electron chi connectivity index (χ3n) is 18.7. The smallest absolute Gasteiger partial charge is 0.187 e. The maximum Gasteiger partial charge on any atom is 0.187 e. The molecule has 98 heavy (non-hydrogen) atoms. The third kappa shape index (κ3) is 10.6. The van der Waals surface area contributed by atoms with E-state index < -0.39 is 0 Å². The van der Waals surface area contributed by atoms with Crippen LogP contribution in [0.1, 0.15) is 11.1 Å². The Morgan fingerprint density at radius 1 is 0.255 bits per heavy atom. The van der Waals surface area contributed by atoms with Crippen LogP contribution in [0.15, 0.2) is 328 Å². The molecule has 0 aliphatic rings. The molecular formula is C90H54N8. The lowest BCUT2D eigenvalue weighted by atomic mass is 9.98. The average Bonchev–Trinajstić information content (AvgIpc) is 1.57. The van der Waals surface area contributed by atoms with E-state index in [-0.39, 0.29) is 0 Å². The molecule has 0 saturated heterocycles. The highest BCUT2D eigenvalue weighted by Gasteiger charge is 2.24. The topological polar surface area (TPSA) is 100 Å². The minimum absolute atomic E-state index is 0.456. The van der Waals surface area contributed by atoms with Crippen molar-refractivity contribution in [2.45, 2.75) is 0 Å². The lowest BCUT2D eigenvalue weighted by Gasteiger charge is -2.17. The van der Waals surface area contributed by atoms with Crippen LogP contribution in [0.2, 0.25) is 0 Å². The van der Waals surface area contributed by atoms with Gasteiger partial charge in [-0.1, -0.05) is 212 Å². The first kappa shape index (κ1) is 58.0. The highest BCUT2D eigenvalue weighted by atomic mass is 15.0. The van der Waals surface area contributed by atoms with E-state index in [4.69, 9.17) is 21.5 Å². The molecule has 0 saturated carbocycles. The highest BCUT2D eigenvalue weighted by molar-refractivity contribution is 6.14. The molecule has 0 fully saturated rings. The van der Waals surface area contributed by atoms with E-state index in [1.54, 1.807) is 0 Å². The number of fused-ring (bicyclic) bond motifs is 6. The van der Waals surface area contributed by atoms with Gasteiger partial charge in [0, 0.05) is 49.4 Å². The van der Waals surface area contributed by atoms with E-state index in [0.717, 1.165) is 150 Å². The second-order valence-electron chi connectivity index (χ2n) is 24.5. The first-order valence-electron chi connectivity index (χ1n) is 32.4. The van der Waals surface area contributed by atoms with Crippen LogP contribution >= 0.6 is 0 Å². The molecule has 0 amide bonds. The van der Waals surface area contributed by atoms with Crippen molar-refractivity contribution in [1.82, 2.24) is 24.1 Å². The van der Waals surface area contributed by atoms with E-state index in [1.165, 1.54) is 0 Å². The Bertz CT molecular complexity index is 5580. The third-order valence-corrected chi connectivity index (χ3v) is 18.7. The number of rotatable bonds is 12. The van der Waals surface area contributed by atoms with Crippen molar-refractivity contribution in [3.63, 3.8) is 0 Å². The minimum Gasteiger partial charge on any atom is -0.309 e. The Morgan fingerprint density at radius 3 is 0.888 bits per heavy atom. The van der Waals surface area contributed by atoms with Gasteiger partial charge in [-0.2, -0.15) is 10.5 Å². The van der Waals surface area contributed by atoms with Crippen molar-refractivity contribution in [2.24, 2.45) is 0 Å². The molecule has 0 radical (unpaired) electrons. The summed E-state index contributed by atoms with van der Waals surface area (Å²) >= 11 is 0. The summed E-state index contributed by atoms with van der Waals surface area (Å²) in [5.41, 5.74) is 24.5. The summed E-state index contributed by atoms with van der Waals surface area (Å²) in [6, 6.07) is 118. The first-order valence-corrected chi connectivity index (χ1v) is 32.4. The molecule has 0 spiro atoms. The van der Waals surface area contributed by atoms with Gasteiger partial charge in [0.2, 0.25) is 0 Å². The zero-order valence-corrected chi connectivity index (χ0v) is 52.8. The number of hydrogen-bond acceptors (Lipinski definition) is 5. The number of nitriles is 2. The van der Waals surface area contributed by atoms with Crippen LogP contribution in [0.25, 0.3) is 172 Å². The van der Waals surface area contributed by atoms with Gasteiger partial charge in [0.25, 0.3) is 0 Å². The lowest BCUT2D eigenvalue weighted by Crippen LogP contribution is -2.03. The lowest BCUT2D eigenvalue weighted by molar-refractivity contribution is 1.07. The van der Waals surface area contributed by atoms with Crippen molar-refractivity contribution in [3.8, 4) is 136 Å². The molecule has 14 aromatic carbocycles. The summed E-state index contributed by atoms with van der Waals surface area (Å²) in [5.74, 6) is 1.38. The van der Waals surface area contributed by atoms with Gasteiger partial charge in [-0.25, -0.2) is 19.8 Å². The number of aromatic nitrogens is 5. The van der Waals surface area contributed by atoms with Crippen LogP contribution < -0.4 is 0 Å². The van der Waals surface area contributed by atoms with E-state index in [2.05, 4.69) is 232 Å². The average molecular weight is 1250 g/mol. The second kappa shape index (κ2) is 24.6. The molecular weight excluding hydrogens is 1190 g/mol. The van der Waals surface area contributed by atoms with Crippen molar-refractivity contribution in [1.29, 1.82) is 10.5 Å². The van der Waals surface area contributed by atoms with E-state index in [1.807, 2.05) is 121 Å². The van der Waals surface area contributed by atoms with E-state index in [9.17, 15) is 10.5 Å². The fourth-order valence-electron chi connectivity index (χ4n) is 13.8. The van der Waals surface area contributed by atoms with Gasteiger partial charge in [0.1, 0.15) is 0 Å². The van der Waals surface area contributed by atoms with E-state index >= 15 is 0 Å². The quantitative estimate of drug-likeness (QED) is 0.113. The van der Waals surface area contributed by atoms with Crippen LogP contribution in [0.5, 0.6) is 0 Å². The van der Waals surface area contributed by atoms with Gasteiger partial charge in [-0.15, -0.1) is 0 Å². The van der Waals surface area contributed by atoms with Crippen LogP contribution in [-0.2, 0) is 0 Å². The fourth-order valence-corrected chi connectivity index (χ4v) is 13.8. The molecule has 3 aromatic heterocycles. The number of hydrogen-bond donors (Lipinski definition) is 0. The summed E-state index contributed by atoms with van der Waals surface area (Å²) in [6.07, 6.45) is 0. The largest absolute Gasteiger partial charge is 0.309 e. The summed E-state index contributed by atoms with van der Waals surface area (Å²) in [5, 5.41) is 24.7. The Kier molecular flexibility index (Phi) is 14.5. The predicted molar refractivity (Wildman–Crippen MR) is 399 cm³/mol. The summed E-state index contributed by atoms with van der Waals surface area (Å²) in [4.78, 5) is 20.0. The van der Waals surface area contributed by atoms with Crippen LogP contribution in [0, 0.1) is 29.2 Å². The van der Waals surface area contributed by atoms with Gasteiger partial charge in [-0.3, -0.25) is 0 Å². The van der Waals surface area contributed by atoms with Crippen molar-refractivity contribution >= 4 is 49.3 Å². The standard InChI is InChI=1S/C90H54N8/c1-93-75-24-14-23-68(49-75)64-33-35-67(36-34-64)88-94-89(73-41-47-82(76(54-73)65-29-25-58(56-91)26-30-65)97-84-43-37-69(60-15-6-2-7-16-60)50-78(84)79-51-70(38-44-85(79)97)61-17-8-3-9-18-61)96-90(95-88)74-42-48-83(77(55-74)66-31-27-59(57-92)28-32-66)98-86-45-39-71(62-19-10-4-11-20-62)52-80(86)81-53-72(40-46-87(81)98)63-21-12-5-13-22-63/h2-55H. The molecule has 454 valence electrons. The number of nitrogens with zero attached hydrogens (tertiary/aromatic N) is 8. The van der Waals surface area contributed by atoms with Crippen molar-refractivity contribution in [2.75, 3.05) is 0 Å². The molecule has 0 N–H and O–H groups in total. The minimum atomic E-state index is 0.456. The molecule has 3 heterocycles. The van der Waals surface area contributed by atoms with E-state index in [0.29, 0.717) is 34.3 Å². The molecule has 0 aliphatic carbocycles. The Hall–Kier alpha value is -13.8. The van der Waals surface area contributed by atoms with Crippen LogP contribution in [-0.4, -0.2) is 24.1 Å². The summed E-state index contributed by atoms with van der Waals surface area (Å²) < 4.78 is 4.72. The Morgan fingerprint density at radius 2 is 0.541 bits per heavy atom. The summed E-state index contributed by atoms with van der Waals surface area (Å²) in [6.45, 7) is 7.73. The molecule has 8 heteroatoms. The van der Waals surface area contributed by atoms with Crippen molar-refractivity contribution in [3.05, 3.63) is 350 Å². The maximum absolute atomic E-state index is 10.1. The molecule has 0 bridgehead atoms. The van der Waals surface area contributed by atoms with Gasteiger partial charge in [0.15, 0.2) is 23.2 Å². The number of benzene rings is 14. The molecule has 17 aromatic rings. The first-order chi connectivity index (χ1) is 48.4. The highest BCUT2D eigenvalue weighted by Crippen LogP contribution is 2.44. The van der Waals surface area contributed by atoms with Gasteiger partial charge < -0.3 is 9.13 Å². The SMILES string of the molecule is [C-]#[N+]c1cccc(-c2ccc(-c3nc(-c4ccc(-n5c6ccc(-c7ccccc7)cc6c6cc(-c7ccccc7)ccc65)c(-c5ccc(C#N)cc5)c4)nc(-c4ccc(-n5c6ccc(-c7ccccc7)cc6c6cc(-c7ccccc7)ccc65)c(-c5ccc(C#N)cc5)c4)n3)cc2)c1. The molecule has 0 aliphatic heterocycles. The Labute approximate surface area is 566 Å². The van der Waals surface area contributed by atoms with Crippen molar-refractivity contribution < 1.29 is 0 Å². The fraction of sp³-hybridized carbons (Fsp3) is 0. The molecule has 17 rings (SSSR count). The Balaban J connectivity index is 0.877. The normalized spacial score (nSPS) is 11.2. The zero-order chi connectivity index (χ0) is 65.6. The predicted octanol–water partition coefficient (Wildman–Crippen LogP) is 23.0.